The molecule has 1 saturated heterocycles. The van der Waals surface area contributed by atoms with Crippen molar-refractivity contribution in [1.29, 1.82) is 0 Å². The molecule has 0 saturated carbocycles. The van der Waals surface area contributed by atoms with Crippen LogP contribution in [0.1, 0.15) is 25.7 Å². The summed E-state index contributed by atoms with van der Waals surface area (Å²) in [6.07, 6.45) is 5.07. The molecule has 1 heterocycles. The van der Waals surface area contributed by atoms with Crippen LogP contribution in [0.2, 0.25) is 0 Å². The van der Waals surface area contributed by atoms with Crippen LogP contribution in [0.5, 0.6) is 0 Å². The number of methoxy groups -OCH3 is 2. The van der Waals surface area contributed by atoms with Gasteiger partial charge in [-0.05, 0) is 25.8 Å². The molecule has 1 aliphatic rings. The Labute approximate surface area is 106 Å². The summed E-state index contributed by atoms with van der Waals surface area (Å²) in [7, 11) is 3.55. The van der Waals surface area contributed by atoms with Crippen LogP contribution in [-0.2, 0) is 9.47 Å². The van der Waals surface area contributed by atoms with Crippen LogP contribution < -0.4 is 5.32 Å². The van der Waals surface area contributed by atoms with Crippen molar-refractivity contribution in [3.63, 3.8) is 0 Å². The Balaban J connectivity index is 2.35. The third-order valence-corrected chi connectivity index (χ3v) is 3.41. The molecule has 0 amide bonds. The van der Waals surface area contributed by atoms with Gasteiger partial charge >= 0.3 is 0 Å². The summed E-state index contributed by atoms with van der Waals surface area (Å²) >= 11 is 0. The van der Waals surface area contributed by atoms with Crippen molar-refractivity contribution in [2.45, 2.75) is 31.7 Å². The molecule has 4 heteroatoms. The minimum atomic E-state index is 0.671. The fourth-order valence-corrected chi connectivity index (χ4v) is 2.41. The van der Waals surface area contributed by atoms with E-state index in [4.69, 9.17) is 9.47 Å². The zero-order valence-corrected chi connectivity index (χ0v) is 11.4. The Morgan fingerprint density at radius 2 is 1.94 bits per heavy atom. The average molecular weight is 244 g/mol. The van der Waals surface area contributed by atoms with Crippen molar-refractivity contribution in [3.05, 3.63) is 0 Å². The van der Waals surface area contributed by atoms with Crippen molar-refractivity contribution in [2.75, 3.05) is 53.6 Å². The molecule has 0 aliphatic carbocycles. The van der Waals surface area contributed by atoms with Crippen LogP contribution in [0.3, 0.4) is 0 Å². The van der Waals surface area contributed by atoms with Gasteiger partial charge in [-0.3, -0.25) is 4.90 Å². The molecule has 1 N–H and O–H groups in total. The number of ether oxygens (including phenoxy) is 2. The lowest BCUT2D eigenvalue weighted by Crippen LogP contribution is -2.43. The van der Waals surface area contributed by atoms with Gasteiger partial charge in [-0.2, -0.15) is 0 Å². The van der Waals surface area contributed by atoms with Gasteiger partial charge in [0, 0.05) is 46.5 Å². The largest absolute Gasteiger partial charge is 0.385 e. The van der Waals surface area contributed by atoms with Crippen LogP contribution >= 0.6 is 0 Å². The van der Waals surface area contributed by atoms with Crippen LogP contribution in [0.25, 0.3) is 0 Å². The van der Waals surface area contributed by atoms with Gasteiger partial charge < -0.3 is 14.8 Å². The summed E-state index contributed by atoms with van der Waals surface area (Å²) in [6.45, 7) is 6.12. The van der Waals surface area contributed by atoms with Crippen LogP contribution in [0, 0.1) is 0 Å². The first kappa shape index (κ1) is 14.9. The van der Waals surface area contributed by atoms with Gasteiger partial charge in [0.2, 0.25) is 0 Å². The smallest absolute Gasteiger partial charge is 0.0589 e. The molecule has 102 valence electrons. The Bertz CT molecular complexity index is 171. The molecule has 1 aliphatic heterocycles. The molecule has 0 aromatic heterocycles. The molecule has 4 nitrogen and oxygen atoms in total. The van der Waals surface area contributed by atoms with Crippen LogP contribution in [0.15, 0.2) is 0 Å². The van der Waals surface area contributed by atoms with Gasteiger partial charge in [0.15, 0.2) is 0 Å². The van der Waals surface area contributed by atoms with Gasteiger partial charge in [-0.25, -0.2) is 0 Å². The minimum Gasteiger partial charge on any atom is -0.385 e. The molecule has 0 spiro atoms. The zero-order chi connectivity index (χ0) is 12.3. The fraction of sp³-hybridized carbons (Fsp3) is 1.00. The second kappa shape index (κ2) is 9.83. The average Bonchev–Trinajstić information content (AvgIpc) is 2.62. The molecule has 0 bridgehead atoms. The molecular weight excluding hydrogens is 216 g/mol. The SMILES string of the molecule is COCCCN(CCOC)C1CCCCNC1. The van der Waals surface area contributed by atoms with Gasteiger partial charge in [0.05, 0.1) is 6.61 Å². The minimum absolute atomic E-state index is 0.671. The Morgan fingerprint density at radius 1 is 1.12 bits per heavy atom. The highest BCUT2D eigenvalue weighted by Gasteiger charge is 2.19. The Morgan fingerprint density at radius 3 is 2.71 bits per heavy atom. The van der Waals surface area contributed by atoms with E-state index in [2.05, 4.69) is 10.2 Å². The van der Waals surface area contributed by atoms with E-state index in [0.29, 0.717) is 6.04 Å². The van der Waals surface area contributed by atoms with Gasteiger partial charge in [-0.15, -0.1) is 0 Å². The quantitative estimate of drug-likeness (QED) is 0.649. The van der Waals surface area contributed by atoms with E-state index < -0.39 is 0 Å². The first-order valence-electron chi connectivity index (χ1n) is 6.81. The lowest BCUT2D eigenvalue weighted by atomic mass is 10.1. The van der Waals surface area contributed by atoms with E-state index in [1.54, 1.807) is 14.2 Å². The van der Waals surface area contributed by atoms with E-state index >= 15 is 0 Å². The van der Waals surface area contributed by atoms with Gasteiger partial charge in [0.1, 0.15) is 0 Å². The Kier molecular flexibility index (Phi) is 8.61. The molecule has 0 aromatic rings. The molecule has 0 aromatic carbocycles. The summed E-state index contributed by atoms with van der Waals surface area (Å²) in [4.78, 5) is 2.56. The molecule has 1 rings (SSSR count). The fourth-order valence-electron chi connectivity index (χ4n) is 2.41. The topological polar surface area (TPSA) is 33.7 Å². The second-order valence-corrected chi connectivity index (χ2v) is 4.73. The highest BCUT2D eigenvalue weighted by Crippen LogP contribution is 2.11. The van der Waals surface area contributed by atoms with Crippen LogP contribution in [-0.4, -0.2) is 64.6 Å². The predicted octanol–water partition coefficient (Wildman–Crippen LogP) is 1.11. The van der Waals surface area contributed by atoms with Gasteiger partial charge in [-0.1, -0.05) is 6.42 Å². The van der Waals surface area contributed by atoms with E-state index in [1.807, 2.05) is 0 Å². The third-order valence-electron chi connectivity index (χ3n) is 3.41. The summed E-state index contributed by atoms with van der Waals surface area (Å²) in [5.74, 6) is 0. The highest BCUT2D eigenvalue weighted by molar-refractivity contribution is 4.77. The number of nitrogens with one attached hydrogen (secondary N) is 1. The number of rotatable bonds is 8. The van der Waals surface area contributed by atoms with Gasteiger partial charge in [0.25, 0.3) is 0 Å². The van der Waals surface area contributed by atoms with E-state index in [9.17, 15) is 0 Å². The number of nitrogens with zero attached hydrogens (tertiary/aromatic N) is 1. The monoisotopic (exact) mass is 244 g/mol. The maximum Gasteiger partial charge on any atom is 0.0589 e. The standard InChI is InChI=1S/C13H28N2O2/c1-16-10-5-8-15(9-11-17-2)13-6-3-4-7-14-12-13/h13-14H,3-12H2,1-2H3. The first-order valence-corrected chi connectivity index (χ1v) is 6.81. The third kappa shape index (κ3) is 6.36. The zero-order valence-electron chi connectivity index (χ0n) is 11.4. The van der Waals surface area contributed by atoms with E-state index in [0.717, 1.165) is 39.3 Å². The molecule has 1 fully saturated rings. The summed E-state index contributed by atoms with van der Waals surface area (Å²) < 4.78 is 10.3. The van der Waals surface area contributed by atoms with Crippen molar-refractivity contribution in [1.82, 2.24) is 10.2 Å². The summed E-state index contributed by atoms with van der Waals surface area (Å²) in [6, 6.07) is 0.671. The maximum absolute atomic E-state index is 5.21. The van der Waals surface area contributed by atoms with Crippen molar-refractivity contribution < 1.29 is 9.47 Å². The molecule has 1 atom stereocenters. The van der Waals surface area contributed by atoms with Crippen molar-refractivity contribution in [2.24, 2.45) is 0 Å². The lowest BCUT2D eigenvalue weighted by Gasteiger charge is -2.30. The van der Waals surface area contributed by atoms with E-state index in [-0.39, 0.29) is 0 Å². The van der Waals surface area contributed by atoms with E-state index in [1.165, 1.54) is 25.8 Å². The molecule has 1 unspecified atom stereocenters. The number of hydrogen-bond donors (Lipinski definition) is 1. The summed E-state index contributed by atoms with van der Waals surface area (Å²) in [5.41, 5.74) is 0. The highest BCUT2D eigenvalue weighted by atomic mass is 16.5. The molecular formula is C13H28N2O2. The maximum atomic E-state index is 5.21. The number of hydrogen-bond acceptors (Lipinski definition) is 4. The molecule has 17 heavy (non-hydrogen) atoms. The predicted molar refractivity (Wildman–Crippen MR) is 70.5 cm³/mol. The van der Waals surface area contributed by atoms with Crippen molar-refractivity contribution >= 4 is 0 Å². The normalized spacial score (nSPS) is 21.7. The van der Waals surface area contributed by atoms with Crippen molar-refractivity contribution in [3.8, 4) is 0 Å². The molecule has 0 radical (unpaired) electrons. The van der Waals surface area contributed by atoms with Crippen LogP contribution in [0.4, 0.5) is 0 Å². The summed E-state index contributed by atoms with van der Waals surface area (Å²) in [5, 5.41) is 3.53. The Hall–Kier alpha value is -0.160. The first-order chi connectivity index (χ1) is 8.38. The second-order valence-electron chi connectivity index (χ2n) is 4.73. The lowest BCUT2D eigenvalue weighted by molar-refractivity contribution is 0.104.